The van der Waals surface area contributed by atoms with Crippen LogP contribution in [0, 0.1) is 17.6 Å². The molecule has 14 heteroatoms. The Balaban J connectivity index is 1.60. The maximum absolute atomic E-state index is 15.4. The van der Waals surface area contributed by atoms with Crippen LogP contribution in [0.5, 0.6) is 5.75 Å². The molecule has 40 heavy (non-hydrogen) atoms. The Kier molecular flexibility index (Phi) is 8.84. The summed E-state index contributed by atoms with van der Waals surface area (Å²) >= 11 is 0. The fraction of sp³-hybridized carbons (Fsp3) is 0.538. The van der Waals surface area contributed by atoms with E-state index in [2.05, 4.69) is 4.18 Å². The lowest BCUT2D eigenvalue weighted by Crippen LogP contribution is -2.55. The molecule has 0 spiro atoms. The van der Waals surface area contributed by atoms with Crippen molar-refractivity contribution in [1.82, 2.24) is 0 Å². The number of ether oxygens (including phenoxy) is 2. The van der Waals surface area contributed by atoms with Crippen LogP contribution in [0.15, 0.2) is 36.4 Å². The molecule has 0 radical (unpaired) electrons. The van der Waals surface area contributed by atoms with Gasteiger partial charge < -0.3 is 9.47 Å². The highest BCUT2D eigenvalue weighted by Gasteiger charge is 2.53. The SMILES string of the molecule is CS(=O)(=O)OCCCS(=O)(=O)CC[C@@H]1OCC[C@@]2(Cc3ccc(C(F)(F)F)cc3)c3c(F)ccc(F)c3OC[C@@H]12. The number of halogens is 5. The predicted molar refractivity (Wildman–Crippen MR) is 135 cm³/mol. The minimum absolute atomic E-state index is 0.00429. The third-order valence-corrected chi connectivity index (χ3v) is 9.78. The van der Waals surface area contributed by atoms with Crippen LogP contribution in [0.2, 0.25) is 0 Å². The first-order valence-electron chi connectivity index (χ1n) is 12.6. The topological polar surface area (TPSA) is 96.0 Å². The highest BCUT2D eigenvalue weighted by molar-refractivity contribution is 7.91. The van der Waals surface area contributed by atoms with Gasteiger partial charge in [-0.25, -0.2) is 17.2 Å². The molecule has 0 aliphatic carbocycles. The van der Waals surface area contributed by atoms with Crippen molar-refractivity contribution in [3.8, 4) is 5.75 Å². The van der Waals surface area contributed by atoms with Crippen molar-refractivity contribution in [2.45, 2.75) is 43.4 Å². The highest BCUT2D eigenvalue weighted by atomic mass is 32.2. The van der Waals surface area contributed by atoms with Gasteiger partial charge in [-0.05, 0) is 55.5 Å². The maximum Gasteiger partial charge on any atom is 0.416 e. The fourth-order valence-electron chi connectivity index (χ4n) is 5.59. The first-order chi connectivity index (χ1) is 18.6. The van der Waals surface area contributed by atoms with Crippen LogP contribution in [-0.2, 0) is 46.9 Å². The third-order valence-electron chi connectivity index (χ3n) is 7.41. The molecule has 2 aliphatic rings. The summed E-state index contributed by atoms with van der Waals surface area (Å²) in [4.78, 5) is 0. The molecule has 2 aliphatic heterocycles. The molecule has 7 nitrogen and oxygen atoms in total. The molecule has 1 saturated heterocycles. The van der Waals surface area contributed by atoms with Crippen LogP contribution < -0.4 is 4.74 Å². The molecule has 0 unspecified atom stereocenters. The monoisotopic (exact) mass is 612 g/mol. The molecule has 0 bridgehead atoms. The fourth-order valence-corrected chi connectivity index (χ4v) is 7.37. The van der Waals surface area contributed by atoms with Crippen molar-refractivity contribution in [1.29, 1.82) is 0 Å². The predicted octanol–water partition coefficient (Wildman–Crippen LogP) is 4.43. The molecule has 222 valence electrons. The van der Waals surface area contributed by atoms with Gasteiger partial charge in [0.1, 0.15) is 5.82 Å². The highest BCUT2D eigenvalue weighted by Crippen LogP contribution is 2.53. The quantitative estimate of drug-likeness (QED) is 0.223. The molecule has 3 atom stereocenters. The molecule has 2 aromatic carbocycles. The van der Waals surface area contributed by atoms with Gasteiger partial charge >= 0.3 is 6.18 Å². The Labute approximate surface area is 229 Å². The molecule has 2 heterocycles. The maximum atomic E-state index is 15.4. The average Bonchev–Trinajstić information content (AvgIpc) is 2.86. The van der Waals surface area contributed by atoms with E-state index in [0.29, 0.717) is 5.56 Å². The largest absolute Gasteiger partial charge is 0.490 e. The summed E-state index contributed by atoms with van der Waals surface area (Å²) in [5, 5.41) is 0. The zero-order valence-electron chi connectivity index (χ0n) is 21.5. The van der Waals surface area contributed by atoms with Gasteiger partial charge in [-0.2, -0.15) is 21.6 Å². The number of benzene rings is 2. The van der Waals surface area contributed by atoms with Gasteiger partial charge in [-0.3, -0.25) is 4.18 Å². The van der Waals surface area contributed by atoms with Gasteiger partial charge in [0.15, 0.2) is 21.4 Å². The van der Waals surface area contributed by atoms with Crippen LogP contribution in [0.4, 0.5) is 22.0 Å². The zero-order valence-corrected chi connectivity index (χ0v) is 23.2. The minimum Gasteiger partial charge on any atom is -0.490 e. The Bertz CT molecular complexity index is 1430. The van der Waals surface area contributed by atoms with E-state index in [4.69, 9.17) is 9.47 Å². The number of alkyl halides is 3. The van der Waals surface area contributed by atoms with Crippen LogP contribution in [-0.4, -0.2) is 60.5 Å². The number of sulfone groups is 1. The summed E-state index contributed by atoms with van der Waals surface area (Å²) in [7, 11) is -7.35. The first-order valence-corrected chi connectivity index (χ1v) is 16.2. The Hall–Kier alpha value is -2.29. The van der Waals surface area contributed by atoms with Crippen molar-refractivity contribution >= 4 is 20.0 Å². The summed E-state index contributed by atoms with van der Waals surface area (Å²) in [6.45, 7) is -0.313. The molecule has 0 N–H and O–H groups in total. The van der Waals surface area contributed by atoms with Gasteiger partial charge in [0.2, 0.25) is 0 Å². The van der Waals surface area contributed by atoms with Crippen LogP contribution >= 0.6 is 0 Å². The summed E-state index contributed by atoms with van der Waals surface area (Å²) < 4.78 is 133. The molecular formula is C26H29F5O7S2. The third kappa shape index (κ3) is 6.94. The second-order valence-electron chi connectivity index (χ2n) is 10.2. The van der Waals surface area contributed by atoms with E-state index >= 15 is 4.39 Å². The van der Waals surface area contributed by atoms with Gasteiger partial charge in [0, 0.05) is 23.5 Å². The lowest BCUT2D eigenvalue weighted by atomic mass is 9.60. The normalized spacial score (nSPS) is 23.2. The molecule has 0 amide bonds. The molecule has 0 saturated carbocycles. The number of rotatable bonds is 10. The summed E-state index contributed by atoms with van der Waals surface area (Å²) in [6.07, 6.45) is -4.18. The van der Waals surface area contributed by atoms with E-state index in [1.165, 1.54) is 12.1 Å². The minimum atomic E-state index is -4.54. The average molecular weight is 613 g/mol. The molecule has 0 aromatic heterocycles. The van der Waals surface area contributed by atoms with Crippen LogP contribution in [0.3, 0.4) is 0 Å². The van der Waals surface area contributed by atoms with E-state index in [1.807, 2.05) is 0 Å². The van der Waals surface area contributed by atoms with Crippen LogP contribution in [0.1, 0.15) is 36.0 Å². The van der Waals surface area contributed by atoms with Gasteiger partial charge in [-0.1, -0.05) is 12.1 Å². The molecule has 4 rings (SSSR count). The molecule has 1 fully saturated rings. The van der Waals surface area contributed by atoms with Crippen molar-refractivity contribution in [2.24, 2.45) is 5.92 Å². The summed E-state index contributed by atoms with van der Waals surface area (Å²) in [5.74, 6) is -3.04. The first kappa shape index (κ1) is 30.7. The van der Waals surface area contributed by atoms with Crippen molar-refractivity contribution in [3.63, 3.8) is 0 Å². The van der Waals surface area contributed by atoms with Gasteiger partial charge in [-0.15, -0.1) is 0 Å². The van der Waals surface area contributed by atoms with E-state index < -0.39 is 60.8 Å². The Morgan fingerprint density at radius 2 is 1.68 bits per heavy atom. The molecular weight excluding hydrogens is 583 g/mol. The lowest BCUT2D eigenvalue weighted by Gasteiger charge is -2.51. The van der Waals surface area contributed by atoms with Gasteiger partial charge in [0.25, 0.3) is 10.1 Å². The lowest BCUT2D eigenvalue weighted by molar-refractivity contribution is -0.137. The van der Waals surface area contributed by atoms with Crippen molar-refractivity contribution in [2.75, 3.05) is 37.6 Å². The number of hydrogen-bond donors (Lipinski definition) is 0. The van der Waals surface area contributed by atoms with Crippen molar-refractivity contribution < 1.29 is 52.4 Å². The second kappa shape index (κ2) is 11.5. The van der Waals surface area contributed by atoms with Crippen LogP contribution in [0.25, 0.3) is 0 Å². The Morgan fingerprint density at radius 1 is 1.00 bits per heavy atom. The number of hydrogen-bond acceptors (Lipinski definition) is 7. The van der Waals surface area contributed by atoms with E-state index in [1.54, 1.807) is 0 Å². The zero-order chi connectivity index (χ0) is 29.3. The molecule has 2 aromatic rings. The number of fused-ring (bicyclic) bond motifs is 3. The summed E-state index contributed by atoms with van der Waals surface area (Å²) in [5.41, 5.74) is -1.53. The Morgan fingerprint density at radius 3 is 2.33 bits per heavy atom. The van der Waals surface area contributed by atoms with Crippen molar-refractivity contribution in [3.05, 3.63) is 64.7 Å². The van der Waals surface area contributed by atoms with E-state index in [-0.39, 0.29) is 68.3 Å². The second-order valence-corrected chi connectivity index (χ2v) is 14.1. The standard InChI is InChI=1S/C26H29F5O7S2/c1-39(32,33)38-11-2-13-40(34,35)14-9-22-19-16-37-24-21(28)8-7-20(27)23(24)25(19,10-12-36-22)15-17-3-5-18(6-4-17)26(29,30)31/h3-8,19,22H,2,9-16H2,1H3/t19-,22-,25-/m0/s1. The van der Waals surface area contributed by atoms with E-state index in [0.717, 1.165) is 30.5 Å². The summed E-state index contributed by atoms with van der Waals surface area (Å²) in [6, 6.07) is 6.38. The van der Waals surface area contributed by atoms with E-state index in [9.17, 15) is 34.4 Å². The smallest absolute Gasteiger partial charge is 0.416 e. The van der Waals surface area contributed by atoms with Gasteiger partial charge in [0.05, 0.1) is 42.6 Å².